The highest BCUT2D eigenvalue weighted by atomic mass is 16.3. The number of benzene rings is 4. The Kier molecular flexibility index (Phi) is 6.01. The summed E-state index contributed by atoms with van der Waals surface area (Å²) < 4.78 is 6.22. The summed E-state index contributed by atoms with van der Waals surface area (Å²) in [6.45, 7) is 0. The number of rotatable bonds is 5. The van der Waals surface area contributed by atoms with E-state index >= 15 is 0 Å². The minimum atomic E-state index is 0.607. The minimum Gasteiger partial charge on any atom is -0.456 e. The standard InChI is InChI=1S/C37H23N5O/c1-3-8-24(9-4-1)35-40-36(25-10-5-2-6-11-25)42-37(41-35)27-15-18-34-31(21-27)30-20-26(14-17-33(30)43-34)28-13-16-32(39-23-28)29-12-7-19-38-22-29/h1-23H. The van der Waals surface area contributed by atoms with Crippen LogP contribution >= 0.6 is 0 Å². The van der Waals surface area contributed by atoms with Gasteiger partial charge < -0.3 is 4.42 Å². The summed E-state index contributed by atoms with van der Waals surface area (Å²) in [5.41, 5.74) is 8.35. The fourth-order valence-corrected chi connectivity index (χ4v) is 5.28. The summed E-state index contributed by atoms with van der Waals surface area (Å²) in [5, 5.41) is 2.02. The molecule has 4 heterocycles. The Morgan fingerprint density at radius 1 is 0.419 bits per heavy atom. The highest BCUT2D eigenvalue weighted by Gasteiger charge is 2.15. The topological polar surface area (TPSA) is 77.6 Å². The lowest BCUT2D eigenvalue weighted by Gasteiger charge is -2.08. The quantitative estimate of drug-likeness (QED) is 0.212. The molecule has 0 aliphatic heterocycles. The smallest absolute Gasteiger partial charge is 0.164 e. The van der Waals surface area contributed by atoms with Crippen molar-refractivity contribution in [3.8, 4) is 56.5 Å². The summed E-state index contributed by atoms with van der Waals surface area (Å²) in [6.07, 6.45) is 5.48. The van der Waals surface area contributed by atoms with E-state index in [9.17, 15) is 0 Å². The minimum absolute atomic E-state index is 0.607. The van der Waals surface area contributed by atoms with Crippen LogP contribution in [-0.2, 0) is 0 Å². The van der Waals surface area contributed by atoms with E-state index in [1.54, 1.807) is 6.20 Å². The second kappa shape index (κ2) is 10.4. The Bertz CT molecular complexity index is 2150. The number of hydrogen-bond acceptors (Lipinski definition) is 6. The van der Waals surface area contributed by atoms with Crippen LogP contribution in [0.4, 0.5) is 0 Å². The van der Waals surface area contributed by atoms with Crippen LogP contribution in [0.5, 0.6) is 0 Å². The van der Waals surface area contributed by atoms with Crippen molar-refractivity contribution >= 4 is 21.9 Å². The highest BCUT2D eigenvalue weighted by Crippen LogP contribution is 2.35. The number of fused-ring (bicyclic) bond motifs is 3. The van der Waals surface area contributed by atoms with Gasteiger partial charge in [-0.3, -0.25) is 9.97 Å². The van der Waals surface area contributed by atoms with Crippen LogP contribution in [0.1, 0.15) is 0 Å². The monoisotopic (exact) mass is 553 g/mol. The molecule has 0 aliphatic carbocycles. The van der Waals surface area contributed by atoms with E-state index < -0.39 is 0 Å². The van der Waals surface area contributed by atoms with Crippen LogP contribution in [0, 0.1) is 0 Å². The summed E-state index contributed by atoms with van der Waals surface area (Å²) in [6, 6.07) is 40.4. The zero-order chi connectivity index (χ0) is 28.6. The zero-order valence-electron chi connectivity index (χ0n) is 22.9. The molecule has 8 aromatic rings. The van der Waals surface area contributed by atoms with Crippen molar-refractivity contribution in [2.24, 2.45) is 0 Å². The van der Waals surface area contributed by atoms with Gasteiger partial charge in [-0.15, -0.1) is 0 Å². The molecule has 0 amide bonds. The number of aromatic nitrogens is 5. The third-order valence-corrected chi connectivity index (χ3v) is 7.48. The molecule has 4 aromatic heterocycles. The van der Waals surface area contributed by atoms with E-state index in [-0.39, 0.29) is 0 Å². The molecular weight excluding hydrogens is 530 g/mol. The largest absolute Gasteiger partial charge is 0.456 e. The van der Waals surface area contributed by atoms with Crippen LogP contribution in [0.3, 0.4) is 0 Å². The number of furan rings is 1. The predicted octanol–water partition coefficient (Wildman–Crippen LogP) is 8.90. The first-order valence-corrected chi connectivity index (χ1v) is 14.0. The normalized spacial score (nSPS) is 11.3. The fourth-order valence-electron chi connectivity index (χ4n) is 5.28. The Hall–Kier alpha value is -6.01. The maximum Gasteiger partial charge on any atom is 0.164 e. The molecule has 0 unspecified atom stereocenters. The predicted molar refractivity (Wildman–Crippen MR) is 170 cm³/mol. The van der Waals surface area contributed by atoms with E-state index in [1.807, 2.05) is 109 Å². The average Bonchev–Trinajstić information content (AvgIpc) is 3.46. The first kappa shape index (κ1) is 24.8. The fraction of sp³-hybridized carbons (Fsp3) is 0. The summed E-state index contributed by atoms with van der Waals surface area (Å²) >= 11 is 0. The second-order valence-electron chi connectivity index (χ2n) is 10.2. The summed E-state index contributed by atoms with van der Waals surface area (Å²) in [7, 11) is 0. The lowest BCUT2D eigenvalue weighted by Crippen LogP contribution is -2.00. The molecule has 4 aromatic carbocycles. The molecule has 0 atom stereocenters. The van der Waals surface area contributed by atoms with Crippen molar-refractivity contribution in [2.45, 2.75) is 0 Å². The Morgan fingerprint density at radius 2 is 0.977 bits per heavy atom. The molecule has 202 valence electrons. The molecule has 6 heteroatoms. The van der Waals surface area contributed by atoms with E-state index in [4.69, 9.17) is 19.4 Å². The van der Waals surface area contributed by atoms with E-state index in [2.05, 4.69) is 34.2 Å². The second-order valence-corrected chi connectivity index (χ2v) is 10.2. The Labute approximate surface area is 247 Å². The van der Waals surface area contributed by atoms with E-state index in [0.29, 0.717) is 17.5 Å². The molecular formula is C37H23N5O. The van der Waals surface area contributed by atoms with Gasteiger partial charge in [-0.1, -0.05) is 72.8 Å². The van der Waals surface area contributed by atoms with E-state index in [0.717, 1.165) is 61.0 Å². The van der Waals surface area contributed by atoms with Gasteiger partial charge in [0.1, 0.15) is 11.2 Å². The molecule has 0 saturated heterocycles. The van der Waals surface area contributed by atoms with Gasteiger partial charge >= 0.3 is 0 Å². The Morgan fingerprint density at radius 3 is 1.56 bits per heavy atom. The third-order valence-electron chi connectivity index (χ3n) is 7.48. The zero-order valence-corrected chi connectivity index (χ0v) is 22.9. The molecule has 6 nitrogen and oxygen atoms in total. The maximum absolute atomic E-state index is 6.22. The third kappa shape index (κ3) is 4.71. The summed E-state index contributed by atoms with van der Waals surface area (Å²) in [5.74, 6) is 1.87. The van der Waals surface area contributed by atoms with Crippen molar-refractivity contribution in [2.75, 3.05) is 0 Å². The molecule has 8 rings (SSSR count). The SMILES string of the molecule is c1ccc(-c2nc(-c3ccccc3)nc(-c3ccc4oc5ccc(-c6ccc(-c7cccnc7)nc6)cc5c4c3)n2)cc1. The molecule has 0 fully saturated rings. The molecule has 0 N–H and O–H groups in total. The Balaban J connectivity index is 1.23. The van der Waals surface area contributed by atoms with Crippen molar-refractivity contribution in [3.63, 3.8) is 0 Å². The van der Waals surface area contributed by atoms with Gasteiger partial charge in [0.2, 0.25) is 0 Å². The van der Waals surface area contributed by atoms with Crippen molar-refractivity contribution in [3.05, 3.63) is 140 Å². The lowest BCUT2D eigenvalue weighted by molar-refractivity contribution is 0.669. The number of nitrogens with zero attached hydrogens (tertiary/aromatic N) is 5. The van der Waals surface area contributed by atoms with Crippen molar-refractivity contribution < 1.29 is 4.42 Å². The van der Waals surface area contributed by atoms with Crippen LogP contribution in [-0.4, -0.2) is 24.9 Å². The van der Waals surface area contributed by atoms with Crippen molar-refractivity contribution in [1.29, 1.82) is 0 Å². The van der Waals surface area contributed by atoms with Gasteiger partial charge in [-0.25, -0.2) is 15.0 Å². The molecule has 0 saturated carbocycles. The summed E-state index contributed by atoms with van der Waals surface area (Å²) in [4.78, 5) is 23.5. The first-order chi connectivity index (χ1) is 21.3. The average molecular weight is 554 g/mol. The van der Waals surface area contributed by atoms with E-state index in [1.165, 1.54) is 0 Å². The number of hydrogen-bond donors (Lipinski definition) is 0. The van der Waals surface area contributed by atoms with Gasteiger partial charge in [0.25, 0.3) is 0 Å². The maximum atomic E-state index is 6.22. The van der Waals surface area contributed by atoms with Gasteiger partial charge in [0, 0.05) is 57.2 Å². The molecule has 0 radical (unpaired) electrons. The molecule has 0 bridgehead atoms. The van der Waals surface area contributed by atoms with Crippen LogP contribution in [0.15, 0.2) is 144 Å². The molecule has 43 heavy (non-hydrogen) atoms. The van der Waals surface area contributed by atoms with Gasteiger partial charge in [-0.05, 0) is 54.1 Å². The van der Waals surface area contributed by atoms with Crippen LogP contribution < -0.4 is 0 Å². The van der Waals surface area contributed by atoms with Crippen molar-refractivity contribution in [1.82, 2.24) is 24.9 Å². The van der Waals surface area contributed by atoms with Gasteiger partial charge in [-0.2, -0.15) is 0 Å². The molecule has 0 spiro atoms. The van der Waals surface area contributed by atoms with Crippen LogP contribution in [0.2, 0.25) is 0 Å². The van der Waals surface area contributed by atoms with Gasteiger partial charge in [0.05, 0.1) is 5.69 Å². The lowest BCUT2D eigenvalue weighted by atomic mass is 10.0. The highest BCUT2D eigenvalue weighted by molar-refractivity contribution is 6.07. The van der Waals surface area contributed by atoms with Crippen LogP contribution in [0.25, 0.3) is 78.5 Å². The number of pyridine rings is 2. The van der Waals surface area contributed by atoms with Gasteiger partial charge in [0.15, 0.2) is 17.5 Å². The first-order valence-electron chi connectivity index (χ1n) is 14.0. The molecule has 0 aliphatic rings.